The predicted octanol–water partition coefficient (Wildman–Crippen LogP) is 3.12. The maximum atomic E-state index is 2.32. The first kappa shape index (κ1) is 11.4. The van der Waals surface area contributed by atoms with Crippen molar-refractivity contribution in [2.45, 2.75) is 13.1 Å². The first-order chi connectivity index (χ1) is 7.84. The lowest BCUT2D eigenvalue weighted by atomic mass is 9.95. The Bertz CT molecular complexity index is 439. The number of hydrogen-bond donors (Lipinski definition) is 0. The second-order valence-electron chi connectivity index (χ2n) is 3.92. The number of aryl methyl sites for hydroxylation is 1. The van der Waals surface area contributed by atoms with E-state index in [1.165, 1.54) is 16.6 Å². The summed E-state index contributed by atoms with van der Waals surface area (Å²) in [7, 11) is 0.858. The van der Waals surface area contributed by atoms with Gasteiger partial charge in [0, 0.05) is 0 Å². The van der Waals surface area contributed by atoms with E-state index < -0.39 is 0 Å². The lowest BCUT2D eigenvalue weighted by Crippen LogP contribution is -2.08. The molecule has 0 aliphatic rings. The molecule has 2 aromatic carbocycles. The van der Waals surface area contributed by atoms with Gasteiger partial charge in [0.15, 0.2) is 7.00 Å². The largest absolute Gasteiger partial charge is 0.182 e. The Kier molecular flexibility index (Phi) is 4.19. The first-order valence-electron chi connectivity index (χ1n) is 5.52. The van der Waals surface area contributed by atoms with Crippen LogP contribution in [0.25, 0.3) is 0 Å². The SMILES string of the molecule is Cc1cccc(CP[B]c2ccccc2)c1. The maximum Gasteiger partial charge on any atom is 0.182 e. The van der Waals surface area contributed by atoms with Crippen molar-refractivity contribution in [2.24, 2.45) is 0 Å². The molecular formula is C14H15BP. The van der Waals surface area contributed by atoms with Crippen molar-refractivity contribution in [3.05, 3.63) is 65.7 Å². The van der Waals surface area contributed by atoms with E-state index in [1.54, 1.807) is 0 Å². The maximum absolute atomic E-state index is 2.32. The molecule has 0 spiro atoms. The normalized spacial score (nSPS) is 10.8. The molecule has 2 rings (SSSR count). The third kappa shape index (κ3) is 3.50. The van der Waals surface area contributed by atoms with Crippen molar-refractivity contribution >= 4 is 20.9 Å². The molecule has 0 amide bonds. The Balaban J connectivity index is 1.85. The number of hydrogen-bond acceptors (Lipinski definition) is 0. The third-order valence-electron chi connectivity index (χ3n) is 2.46. The van der Waals surface area contributed by atoms with Crippen LogP contribution in [0, 0.1) is 6.92 Å². The van der Waals surface area contributed by atoms with Gasteiger partial charge >= 0.3 is 0 Å². The summed E-state index contributed by atoms with van der Waals surface area (Å²) in [6.07, 6.45) is 1.15. The highest BCUT2D eigenvalue weighted by atomic mass is 31.1. The molecule has 0 heterocycles. The van der Waals surface area contributed by atoms with Gasteiger partial charge in [-0.3, -0.25) is 0 Å². The molecule has 0 aromatic heterocycles. The summed E-state index contributed by atoms with van der Waals surface area (Å²) in [5, 5.41) is 0. The van der Waals surface area contributed by atoms with E-state index in [2.05, 4.69) is 68.5 Å². The second kappa shape index (κ2) is 5.87. The number of benzene rings is 2. The summed E-state index contributed by atoms with van der Waals surface area (Å²) in [4.78, 5) is 0. The van der Waals surface area contributed by atoms with Crippen LogP contribution < -0.4 is 5.46 Å². The fourth-order valence-electron chi connectivity index (χ4n) is 1.66. The van der Waals surface area contributed by atoms with Crippen molar-refractivity contribution in [2.75, 3.05) is 0 Å². The molecule has 1 unspecified atom stereocenters. The zero-order chi connectivity index (χ0) is 11.2. The molecule has 79 valence electrons. The van der Waals surface area contributed by atoms with Gasteiger partial charge in [0.05, 0.1) is 0 Å². The molecule has 16 heavy (non-hydrogen) atoms. The lowest BCUT2D eigenvalue weighted by molar-refractivity contribution is 1.35. The fraction of sp³-hybridized carbons (Fsp3) is 0.143. The van der Waals surface area contributed by atoms with Crippen LogP contribution in [0.3, 0.4) is 0 Å². The van der Waals surface area contributed by atoms with Gasteiger partial charge in [-0.25, -0.2) is 0 Å². The first-order valence-corrected chi connectivity index (χ1v) is 6.80. The molecule has 0 fully saturated rings. The van der Waals surface area contributed by atoms with Crippen molar-refractivity contribution in [1.29, 1.82) is 0 Å². The van der Waals surface area contributed by atoms with E-state index in [-0.39, 0.29) is 0 Å². The Labute approximate surface area is 100 Å². The molecule has 0 saturated carbocycles. The van der Waals surface area contributed by atoms with Crippen molar-refractivity contribution < 1.29 is 0 Å². The summed E-state index contributed by atoms with van der Waals surface area (Å²) in [5.41, 5.74) is 4.11. The van der Waals surface area contributed by atoms with Gasteiger partial charge in [-0.1, -0.05) is 65.6 Å². The van der Waals surface area contributed by atoms with Gasteiger partial charge < -0.3 is 0 Å². The minimum atomic E-state index is 0.858. The van der Waals surface area contributed by atoms with Crippen LogP contribution in [0.2, 0.25) is 0 Å². The molecule has 0 bridgehead atoms. The van der Waals surface area contributed by atoms with Crippen LogP contribution in [-0.4, -0.2) is 7.00 Å². The highest BCUT2D eigenvalue weighted by molar-refractivity contribution is 7.72. The topological polar surface area (TPSA) is 0 Å². The van der Waals surface area contributed by atoms with Crippen LogP contribution in [0.15, 0.2) is 54.6 Å². The Morgan fingerprint density at radius 1 is 1.00 bits per heavy atom. The lowest BCUT2D eigenvalue weighted by Gasteiger charge is -2.02. The van der Waals surface area contributed by atoms with E-state index in [4.69, 9.17) is 0 Å². The standard InChI is InChI=1S/C14H15BP/c1-12-6-5-7-13(10-12)11-16-15-14-8-3-2-4-9-14/h2-10,16H,11H2,1H3. The zero-order valence-electron chi connectivity index (χ0n) is 9.48. The molecule has 0 aliphatic heterocycles. The number of rotatable bonds is 4. The second-order valence-corrected chi connectivity index (χ2v) is 4.98. The van der Waals surface area contributed by atoms with Crippen molar-refractivity contribution in [3.63, 3.8) is 0 Å². The zero-order valence-corrected chi connectivity index (χ0v) is 10.5. The molecule has 0 aliphatic carbocycles. The van der Waals surface area contributed by atoms with E-state index in [0.717, 1.165) is 14.6 Å². The predicted molar refractivity (Wildman–Crippen MR) is 75.0 cm³/mol. The molecule has 0 nitrogen and oxygen atoms in total. The van der Waals surface area contributed by atoms with Crippen LogP contribution in [0.1, 0.15) is 11.1 Å². The average molecular weight is 225 g/mol. The molecule has 2 aromatic rings. The van der Waals surface area contributed by atoms with Gasteiger partial charge in [-0.2, -0.15) is 8.46 Å². The summed E-state index contributed by atoms with van der Waals surface area (Å²) in [6.45, 7) is 4.47. The van der Waals surface area contributed by atoms with E-state index in [9.17, 15) is 0 Å². The van der Waals surface area contributed by atoms with Crippen molar-refractivity contribution in [3.8, 4) is 0 Å². The monoisotopic (exact) mass is 225 g/mol. The average Bonchev–Trinajstić information content (AvgIpc) is 2.30. The summed E-state index contributed by atoms with van der Waals surface area (Å²) in [5.74, 6) is 0. The van der Waals surface area contributed by atoms with Crippen molar-refractivity contribution in [1.82, 2.24) is 0 Å². The third-order valence-corrected chi connectivity index (χ3v) is 3.61. The molecule has 2 heteroatoms. The molecule has 1 radical (unpaired) electrons. The van der Waals surface area contributed by atoms with Crippen LogP contribution in [0.5, 0.6) is 0 Å². The Morgan fingerprint density at radius 2 is 1.81 bits per heavy atom. The van der Waals surface area contributed by atoms with Gasteiger partial charge in [-0.15, -0.1) is 0 Å². The quantitative estimate of drug-likeness (QED) is 0.553. The minimum absolute atomic E-state index is 0.858. The summed E-state index contributed by atoms with van der Waals surface area (Å²) in [6, 6.07) is 19.3. The molecule has 1 atom stereocenters. The van der Waals surface area contributed by atoms with Crippen LogP contribution in [0.4, 0.5) is 0 Å². The smallest absolute Gasteiger partial charge is 0.152 e. The highest BCUT2D eigenvalue weighted by Gasteiger charge is 1.96. The minimum Gasteiger partial charge on any atom is -0.152 e. The van der Waals surface area contributed by atoms with Gasteiger partial charge in [-0.05, 0) is 18.6 Å². The van der Waals surface area contributed by atoms with E-state index >= 15 is 0 Å². The Hall–Kier alpha value is -1.07. The van der Waals surface area contributed by atoms with Gasteiger partial charge in [0.25, 0.3) is 0 Å². The highest BCUT2D eigenvalue weighted by Crippen LogP contribution is 2.17. The van der Waals surface area contributed by atoms with E-state index in [1.807, 2.05) is 0 Å². The molecular weight excluding hydrogens is 210 g/mol. The van der Waals surface area contributed by atoms with Crippen LogP contribution >= 0.6 is 8.46 Å². The summed E-state index contributed by atoms with van der Waals surface area (Å²) < 4.78 is 0. The van der Waals surface area contributed by atoms with Gasteiger partial charge in [0.1, 0.15) is 0 Å². The van der Waals surface area contributed by atoms with Gasteiger partial charge in [0.2, 0.25) is 0 Å². The molecule has 0 saturated heterocycles. The fourth-order valence-corrected chi connectivity index (χ4v) is 2.64. The van der Waals surface area contributed by atoms with Crippen LogP contribution in [-0.2, 0) is 6.16 Å². The molecule has 0 N–H and O–H groups in total. The Morgan fingerprint density at radius 3 is 2.56 bits per heavy atom. The van der Waals surface area contributed by atoms with E-state index in [0.29, 0.717) is 0 Å². The summed E-state index contributed by atoms with van der Waals surface area (Å²) >= 11 is 0.